The van der Waals surface area contributed by atoms with Gasteiger partial charge in [0.05, 0.1) is 26.6 Å². The van der Waals surface area contributed by atoms with Crippen molar-refractivity contribution in [1.29, 1.82) is 0 Å². The van der Waals surface area contributed by atoms with Crippen LogP contribution in [0, 0.1) is 6.92 Å². The number of hydrogen-bond acceptors (Lipinski definition) is 4. The van der Waals surface area contributed by atoms with Crippen LogP contribution in [0.5, 0.6) is 5.75 Å². The third-order valence-electron chi connectivity index (χ3n) is 6.60. The number of nitrogens with zero attached hydrogens (tertiary/aromatic N) is 3. The number of fused-ring (bicyclic) bond motifs is 1. The fourth-order valence-corrected chi connectivity index (χ4v) is 5.62. The Kier molecular flexibility index (Phi) is 7.54. The van der Waals surface area contributed by atoms with E-state index in [4.69, 9.17) is 21.3 Å². The lowest BCUT2D eigenvalue weighted by Crippen LogP contribution is -2.25. The first-order valence-electron chi connectivity index (χ1n) is 12.2. The Hall–Kier alpha value is -2.96. The molecule has 0 spiro atoms. The summed E-state index contributed by atoms with van der Waals surface area (Å²) < 4.78 is 8.18. The number of aromatic nitrogens is 2. The average molecular weight is 565 g/mol. The Bertz CT molecular complexity index is 1450. The molecular formula is C29H27BrClN3O2. The average Bonchev–Trinajstić information content (AvgIpc) is 2.89. The fourth-order valence-electron chi connectivity index (χ4n) is 4.63. The van der Waals surface area contributed by atoms with Crippen LogP contribution in [0.25, 0.3) is 10.9 Å². The number of aryl methyl sites for hydroxylation is 1. The second kappa shape index (κ2) is 11.0. The lowest BCUT2D eigenvalue weighted by atomic mass is 9.88. The van der Waals surface area contributed by atoms with Gasteiger partial charge in [-0.3, -0.25) is 4.79 Å². The van der Waals surface area contributed by atoms with E-state index >= 15 is 0 Å². The van der Waals surface area contributed by atoms with Gasteiger partial charge in [0, 0.05) is 5.92 Å². The fraction of sp³-hybridized carbons (Fsp3) is 0.276. The summed E-state index contributed by atoms with van der Waals surface area (Å²) in [5.74, 6) is 1.53. The van der Waals surface area contributed by atoms with Crippen LogP contribution in [0.4, 0.5) is 0 Å². The van der Waals surface area contributed by atoms with E-state index in [1.165, 1.54) is 16.7 Å². The molecule has 0 atom stereocenters. The second-order valence-corrected chi connectivity index (χ2v) is 10.5. The molecule has 0 unspecified atom stereocenters. The molecule has 5 nitrogen and oxygen atoms in total. The number of rotatable bonds is 6. The van der Waals surface area contributed by atoms with E-state index < -0.39 is 0 Å². The highest BCUT2D eigenvalue weighted by molar-refractivity contribution is 9.10. The normalized spacial score (nSPS) is 14.5. The summed E-state index contributed by atoms with van der Waals surface area (Å²) in [6, 6.07) is 19.3. The maximum Gasteiger partial charge on any atom is 0.282 e. The van der Waals surface area contributed by atoms with Crippen LogP contribution < -0.4 is 10.3 Å². The zero-order valence-corrected chi connectivity index (χ0v) is 22.4. The number of hydrogen-bond donors (Lipinski definition) is 0. The van der Waals surface area contributed by atoms with Crippen molar-refractivity contribution in [3.05, 3.63) is 103 Å². The summed E-state index contributed by atoms with van der Waals surface area (Å²) in [6.07, 6.45) is 7.20. The summed E-state index contributed by atoms with van der Waals surface area (Å²) in [7, 11) is 0. The van der Waals surface area contributed by atoms with E-state index in [9.17, 15) is 4.79 Å². The summed E-state index contributed by atoms with van der Waals surface area (Å²) in [5.41, 5.74) is 3.59. The molecule has 1 aromatic heterocycles. The van der Waals surface area contributed by atoms with Gasteiger partial charge < -0.3 is 4.74 Å². The Labute approximate surface area is 223 Å². The molecule has 1 aliphatic carbocycles. The predicted molar refractivity (Wildman–Crippen MR) is 149 cm³/mol. The van der Waals surface area contributed by atoms with Gasteiger partial charge in [-0.1, -0.05) is 72.8 Å². The van der Waals surface area contributed by atoms with Crippen molar-refractivity contribution in [2.24, 2.45) is 5.10 Å². The SMILES string of the molecule is Cc1ccc(COc2c(Cl)cc(C=Nn3c(C4CCCCC4)nc4ccccc4c3=O)cc2Br)cc1. The maximum atomic E-state index is 13.4. The van der Waals surface area contributed by atoms with Crippen molar-refractivity contribution in [2.75, 3.05) is 0 Å². The molecule has 36 heavy (non-hydrogen) atoms. The van der Waals surface area contributed by atoms with Crippen LogP contribution in [-0.4, -0.2) is 15.9 Å². The van der Waals surface area contributed by atoms with Crippen LogP contribution in [0.3, 0.4) is 0 Å². The van der Waals surface area contributed by atoms with Crippen molar-refractivity contribution in [2.45, 2.75) is 51.6 Å². The summed E-state index contributed by atoms with van der Waals surface area (Å²) in [4.78, 5) is 18.3. The summed E-state index contributed by atoms with van der Waals surface area (Å²) in [6.45, 7) is 2.47. The standard InChI is InChI=1S/C29H27BrClN3O2/c1-19-11-13-20(14-12-19)18-36-27-24(30)15-21(16-25(27)31)17-32-34-28(22-7-3-2-4-8-22)33-26-10-6-5-9-23(26)29(34)35/h5-6,9-17,22H,2-4,7-8,18H2,1H3. The summed E-state index contributed by atoms with van der Waals surface area (Å²) in [5, 5.41) is 5.64. The number of benzene rings is 3. The van der Waals surface area contributed by atoms with Crippen molar-refractivity contribution in [3.63, 3.8) is 0 Å². The first-order valence-corrected chi connectivity index (χ1v) is 13.4. The smallest absolute Gasteiger partial charge is 0.282 e. The van der Waals surface area contributed by atoms with E-state index in [2.05, 4.69) is 40.1 Å². The molecule has 0 aliphatic heterocycles. The molecule has 184 valence electrons. The molecule has 3 aromatic carbocycles. The quantitative estimate of drug-likeness (QED) is 0.226. The molecule has 0 saturated heterocycles. The largest absolute Gasteiger partial charge is 0.486 e. The highest BCUT2D eigenvalue weighted by atomic mass is 79.9. The number of ether oxygens (including phenoxy) is 1. The van der Waals surface area contributed by atoms with E-state index in [1.54, 1.807) is 18.3 Å². The Morgan fingerprint density at radius 3 is 2.61 bits per heavy atom. The minimum Gasteiger partial charge on any atom is -0.486 e. The van der Waals surface area contributed by atoms with Crippen molar-refractivity contribution in [1.82, 2.24) is 9.66 Å². The van der Waals surface area contributed by atoms with Crippen molar-refractivity contribution in [3.8, 4) is 5.75 Å². The molecule has 1 heterocycles. The van der Waals surface area contributed by atoms with E-state index in [0.717, 1.165) is 52.6 Å². The van der Waals surface area contributed by atoms with Crippen molar-refractivity contribution >= 4 is 44.6 Å². The molecule has 1 fully saturated rings. The first-order chi connectivity index (χ1) is 17.5. The lowest BCUT2D eigenvalue weighted by Gasteiger charge is -2.22. The van der Waals surface area contributed by atoms with E-state index in [-0.39, 0.29) is 11.5 Å². The van der Waals surface area contributed by atoms with Crippen LogP contribution in [0.2, 0.25) is 5.02 Å². The molecule has 1 aliphatic rings. The summed E-state index contributed by atoms with van der Waals surface area (Å²) >= 11 is 10.2. The third-order valence-corrected chi connectivity index (χ3v) is 7.47. The van der Waals surface area contributed by atoms with Crippen LogP contribution >= 0.6 is 27.5 Å². The molecule has 0 amide bonds. The van der Waals surface area contributed by atoms with Crippen LogP contribution in [0.1, 0.15) is 60.5 Å². The predicted octanol–water partition coefficient (Wildman–Crippen LogP) is 7.63. The first kappa shape index (κ1) is 24.7. The molecule has 5 rings (SSSR count). The molecule has 7 heteroatoms. The van der Waals surface area contributed by atoms with E-state index in [1.807, 2.05) is 36.4 Å². The Morgan fingerprint density at radius 2 is 1.86 bits per heavy atom. The molecular weight excluding hydrogens is 538 g/mol. The minimum atomic E-state index is -0.152. The van der Waals surface area contributed by atoms with Gasteiger partial charge in [0.25, 0.3) is 5.56 Å². The molecule has 1 saturated carbocycles. The van der Waals surface area contributed by atoms with Crippen LogP contribution in [-0.2, 0) is 6.61 Å². The Balaban J connectivity index is 1.45. The third kappa shape index (κ3) is 5.40. The highest BCUT2D eigenvalue weighted by Crippen LogP contribution is 2.35. The van der Waals surface area contributed by atoms with Gasteiger partial charge in [0.15, 0.2) is 5.75 Å². The molecule has 0 radical (unpaired) electrons. The van der Waals surface area contributed by atoms with Gasteiger partial charge in [0.2, 0.25) is 0 Å². The van der Waals surface area contributed by atoms with Gasteiger partial charge in [0.1, 0.15) is 12.4 Å². The number of para-hydroxylation sites is 1. The highest BCUT2D eigenvalue weighted by Gasteiger charge is 2.22. The molecule has 0 bridgehead atoms. The van der Waals surface area contributed by atoms with Gasteiger partial charge in [-0.2, -0.15) is 9.78 Å². The number of halogens is 2. The van der Waals surface area contributed by atoms with Gasteiger partial charge in [-0.15, -0.1) is 0 Å². The van der Waals surface area contributed by atoms with E-state index in [0.29, 0.717) is 22.8 Å². The lowest BCUT2D eigenvalue weighted by molar-refractivity contribution is 0.304. The van der Waals surface area contributed by atoms with Crippen LogP contribution in [0.15, 0.2) is 75.0 Å². The zero-order chi connectivity index (χ0) is 25.1. The zero-order valence-electron chi connectivity index (χ0n) is 20.1. The van der Waals surface area contributed by atoms with Crippen molar-refractivity contribution < 1.29 is 4.74 Å². The van der Waals surface area contributed by atoms with Gasteiger partial charge in [-0.25, -0.2) is 4.98 Å². The molecule has 0 N–H and O–H groups in total. The Morgan fingerprint density at radius 1 is 1.11 bits per heavy atom. The monoisotopic (exact) mass is 563 g/mol. The second-order valence-electron chi connectivity index (χ2n) is 9.27. The molecule has 4 aromatic rings. The topological polar surface area (TPSA) is 56.5 Å². The van der Waals surface area contributed by atoms with Gasteiger partial charge in [-0.05, 0) is 71.1 Å². The van der Waals surface area contributed by atoms with Gasteiger partial charge >= 0.3 is 0 Å². The minimum absolute atomic E-state index is 0.152. The maximum absolute atomic E-state index is 13.4.